The maximum absolute atomic E-state index is 4.62. The standard InChI is InChI=1S/C14H21N7/c1-3-15-13-17-11(12-16-7-10-20(12)2)18-14(19-13)21-8-5-4-6-9-21/h7,10H,3-6,8-9H2,1-2H3,(H,15,17,18,19). The lowest BCUT2D eigenvalue weighted by molar-refractivity contribution is 0.567. The van der Waals surface area contributed by atoms with Crippen molar-refractivity contribution in [3.8, 4) is 11.6 Å². The Morgan fingerprint density at radius 3 is 2.62 bits per heavy atom. The van der Waals surface area contributed by atoms with Crippen LogP contribution in [0.1, 0.15) is 26.2 Å². The summed E-state index contributed by atoms with van der Waals surface area (Å²) in [5, 5.41) is 3.18. The topological polar surface area (TPSA) is 71.8 Å². The summed E-state index contributed by atoms with van der Waals surface area (Å²) in [5.74, 6) is 2.74. The lowest BCUT2D eigenvalue weighted by Crippen LogP contribution is -2.31. The van der Waals surface area contributed by atoms with Crippen LogP contribution in [0.3, 0.4) is 0 Å². The molecule has 112 valence electrons. The molecule has 1 fully saturated rings. The molecule has 7 nitrogen and oxygen atoms in total. The highest BCUT2D eigenvalue weighted by Crippen LogP contribution is 2.20. The zero-order valence-electron chi connectivity index (χ0n) is 12.6. The van der Waals surface area contributed by atoms with Crippen LogP contribution in [-0.2, 0) is 7.05 Å². The summed E-state index contributed by atoms with van der Waals surface area (Å²) in [6.45, 7) is 4.83. The molecule has 21 heavy (non-hydrogen) atoms. The third kappa shape index (κ3) is 2.96. The average Bonchev–Trinajstić information content (AvgIpc) is 2.94. The van der Waals surface area contributed by atoms with Crippen molar-refractivity contribution in [3.63, 3.8) is 0 Å². The van der Waals surface area contributed by atoms with Crippen LogP contribution < -0.4 is 10.2 Å². The Hall–Kier alpha value is -2.18. The number of piperidine rings is 1. The number of hydrogen-bond acceptors (Lipinski definition) is 6. The number of anilines is 2. The van der Waals surface area contributed by atoms with Gasteiger partial charge in [-0.3, -0.25) is 0 Å². The van der Waals surface area contributed by atoms with Gasteiger partial charge in [-0.2, -0.15) is 15.0 Å². The quantitative estimate of drug-likeness (QED) is 0.922. The van der Waals surface area contributed by atoms with Crippen LogP contribution in [-0.4, -0.2) is 44.1 Å². The van der Waals surface area contributed by atoms with Crippen LogP contribution in [0, 0.1) is 0 Å². The summed E-state index contributed by atoms with van der Waals surface area (Å²) in [4.78, 5) is 20.2. The highest BCUT2D eigenvalue weighted by molar-refractivity contribution is 5.51. The molecule has 2 aromatic heterocycles. The first-order chi connectivity index (χ1) is 10.3. The van der Waals surface area contributed by atoms with Crippen LogP contribution >= 0.6 is 0 Å². The second kappa shape index (κ2) is 6.07. The van der Waals surface area contributed by atoms with Gasteiger partial charge >= 0.3 is 0 Å². The highest BCUT2D eigenvalue weighted by atomic mass is 15.3. The summed E-state index contributed by atoms with van der Waals surface area (Å²) in [6.07, 6.45) is 7.33. The fourth-order valence-corrected chi connectivity index (χ4v) is 2.52. The summed E-state index contributed by atoms with van der Waals surface area (Å²) in [5.41, 5.74) is 0. The first kappa shape index (κ1) is 13.8. The molecule has 0 radical (unpaired) electrons. The lowest BCUT2D eigenvalue weighted by atomic mass is 10.1. The molecule has 1 N–H and O–H groups in total. The molecule has 0 spiro atoms. The second-order valence-electron chi connectivity index (χ2n) is 5.22. The summed E-state index contributed by atoms with van der Waals surface area (Å²) in [6, 6.07) is 0. The Bertz CT molecular complexity index is 601. The lowest BCUT2D eigenvalue weighted by Gasteiger charge is -2.26. The van der Waals surface area contributed by atoms with Crippen molar-refractivity contribution >= 4 is 11.9 Å². The number of rotatable bonds is 4. The van der Waals surface area contributed by atoms with Crippen molar-refractivity contribution in [2.75, 3.05) is 29.9 Å². The van der Waals surface area contributed by atoms with Crippen molar-refractivity contribution in [2.24, 2.45) is 7.05 Å². The molecule has 0 unspecified atom stereocenters. The van der Waals surface area contributed by atoms with Gasteiger partial charge in [0.05, 0.1) is 0 Å². The van der Waals surface area contributed by atoms with Crippen molar-refractivity contribution in [1.29, 1.82) is 0 Å². The SMILES string of the molecule is CCNc1nc(-c2nccn2C)nc(N2CCCCC2)n1. The van der Waals surface area contributed by atoms with Crippen LogP contribution in [0.5, 0.6) is 0 Å². The minimum Gasteiger partial charge on any atom is -0.354 e. The number of aromatic nitrogens is 5. The number of nitrogens with one attached hydrogen (secondary N) is 1. The van der Waals surface area contributed by atoms with Crippen molar-refractivity contribution < 1.29 is 0 Å². The van der Waals surface area contributed by atoms with E-state index in [2.05, 4.69) is 30.2 Å². The Labute approximate surface area is 124 Å². The molecule has 3 heterocycles. The maximum atomic E-state index is 4.62. The normalized spacial score (nSPS) is 15.2. The van der Waals surface area contributed by atoms with Crippen molar-refractivity contribution in [2.45, 2.75) is 26.2 Å². The average molecular weight is 287 g/mol. The van der Waals surface area contributed by atoms with E-state index < -0.39 is 0 Å². The van der Waals surface area contributed by atoms with Gasteiger partial charge in [0.1, 0.15) is 0 Å². The number of aryl methyl sites for hydroxylation is 1. The Morgan fingerprint density at radius 1 is 1.14 bits per heavy atom. The molecule has 0 saturated carbocycles. The Morgan fingerprint density at radius 2 is 1.95 bits per heavy atom. The molecule has 2 aromatic rings. The van der Waals surface area contributed by atoms with Crippen molar-refractivity contribution in [1.82, 2.24) is 24.5 Å². The predicted molar refractivity (Wildman–Crippen MR) is 82.3 cm³/mol. The number of imidazole rings is 1. The molecular weight excluding hydrogens is 266 g/mol. The van der Waals surface area contributed by atoms with E-state index >= 15 is 0 Å². The molecule has 0 aromatic carbocycles. The van der Waals surface area contributed by atoms with Gasteiger partial charge < -0.3 is 14.8 Å². The smallest absolute Gasteiger partial charge is 0.230 e. The fourth-order valence-electron chi connectivity index (χ4n) is 2.52. The molecule has 1 aliphatic rings. The first-order valence-corrected chi connectivity index (χ1v) is 7.50. The van der Waals surface area contributed by atoms with E-state index in [4.69, 9.17) is 0 Å². The van der Waals surface area contributed by atoms with Gasteiger partial charge in [-0.25, -0.2) is 4.98 Å². The van der Waals surface area contributed by atoms with Gasteiger partial charge in [0.25, 0.3) is 0 Å². The van der Waals surface area contributed by atoms with E-state index in [-0.39, 0.29) is 0 Å². The zero-order chi connectivity index (χ0) is 14.7. The minimum absolute atomic E-state index is 0.617. The molecule has 0 bridgehead atoms. The Kier molecular flexibility index (Phi) is 3.98. The van der Waals surface area contributed by atoms with Crippen molar-refractivity contribution in [3.05, 3.63) is 12.4 Å². The van der Waals surface area contributed by atoms with Crippen LogP contribution in [0.4, 0.5) is 11.9 Å². The molecule has 0 amide bonds. The third-order valence-corrected chi connectivity index (χ3v) is 3.62. The second-order valence-corrected chi connectivity index (χ2v) is 5.22. The summed E-state index contributed by atoms with van der Waals surface area (Å²) in [7, 11) is 1.94. The van der Waals surface area contributed by atoms with Crippen LogP contribution in [0.25, 0.3) is 11.6 Å². The minimum atomic E-state index is 0.617. The van der Waals surface area contributed by atoms with Gasteiger partial charge in [0, 0.05) is 39.1 Å². The van der Waals surface area contributed by atoms with Gasteiger partial charge in [0.2, 0.25) is 17.7 Å². The fraction of sp³-hybridized carbons (Fsp3) is 0.571. The molecule has 7 heteroatoms. The van der Waals surface area contributed by atoms with Crippen LogP contribution in [0.2, 0.25) is 0 Å². The summed E-state index contributed by atoms with van der Waals surface area (Å²) >= 11 is 0. The molecule has 0 atom stereocenters. The number of nitrogens with zero attached hydrogens (tertiary/aromatic N) is 6. The van der Waals surface area contributed by atoms with Crippen LogP contribution in [0.15, 0.2) is 12.4 Å². The zero-order valence-corrected chi connectivity index (χ0v) is 12.6. The monoisotopic (exact) mass is 287 g/mol. The van der Waals surface area contributed by atoms with Gasteiger partial charge in [-0.05, 0) is 26.2 Å². The molecule has 3 rings (SSSR count). The van der Waals surface area contributed by atoms with Gasteiger partial charge in [-0.15, -0.1) is 0 Å². The highest BCUT2D eigenvalue weighted by Gasteiger charge is 2.18. The first-order valence-electron chi connectivity index (χ1n) is 7.50. The molecular formula is C14H21N7. The molecule has 1 aliphatic heterocycles. The summed E-state index contributed by atoms with van der Waals surface area (Å²) < 4.78 is 1.92. The third-order valence-electron chi connectivity index (χ3n) is 3.62. The molecule has 1 saturated heterocycles. The van der Waals surface area contributed by atoms with E-state index in [1.807, 2.05) is 24.7 Å². The van der Waals surface area contributed by atoms with E-state index in [9.17, 15) is 0 Å². The number of hydrogen-bond donors (Lipinski definition) is 1. The van der Waals surface area contributed by atoms with E-state index in [1.165, 1.54) is 19.3 Å². The Balaban J connectivity index is 1.99. The van der Waals surface area contributed by atoms with Gasteiger partial charge in [-0.1, -0.05) is 0 Å². The van der Waals surface area contributed by atoms with E-state index in [1.54, 1.807) is 6.20 Å². The predicted octanol–water partition coefficient (Wildman–Crippen LogP) is 1.69. The maximum Gasteiger partial charge on any atom is 0.230 e. The van der Waals surface area contributed by atoms with E-state index in [0.29, 0.717) is 11.8 Å². The van der Waals surface area contributed by atoms with E-state index in [0.717, 1.165) is 31.4 Å². The largest absolute Gasteiger partial charge is 0.354 e. The molecule has 0 aliphatic carbocycles. The van der Waals surface area contributed by atoms with Gasteiger partial charge in [0.15, 0.2) is 5.82 Å².